The summed E-state index contributed by atoms with van der Waals surface area (Å²) in [5.74, 6) is 1.82. The zero-order chi connectivity index (χ0) is 13.9. The molecule has 2 heterocycles. The molecule has 0 aliphatic carbocycles. The number of fused-ring (bicyclic) bond motifs is 1. The minimum Gasteiger partial charge on any atom is -0.333 e. The van der Waals surface area contributed by atoms with Gasteiger partial charge in [-0.25, -0.2) is 9.97 Å². The maximum atomic E-state index is 8.95. The molecule has 0 saturated heterocycles. The standard InChI is InChI=1S/C15H15N5/c1-12-17-8-9-19(12)10-11-20-14-5-3-2-4-13(14)18-15(20)6-7-16/h2-5,8-9H,6,10-11H2,1H3. The second-order valence-corrected chi connectivity index (χ2v) is 4.67. The third kappa shape index (κ3) is 2.16. The van der Waals surface area contributed by atoms with Crippen LogP contribution in [0.4, 0.5) is 0 Å². The van der Waals surface area contributed by atoms with Crippen LogP contribution in [-0.2, 0) is 19.5 Å². The summed E-state index contributed by atoms with van der Waals surface area (Å²) in [6.07, 6.45) is 4.10. The molecule has 0 unspecified atom stereocenters. The van der Waals surface area contributed by atoms with Gasteiger partial charge in [0.1, 0.15) is 11.6 Å². The molecule has 20 heavy (non-hydrogen) atoms. The Morgan fingerprint density at radius 1 is 1.25 bits per heavy atom. The Bertz CT molecular complexity index is 775. The van der Waals surface area contributed by atoms with Gasteiger partial charge in [-0.05, 0) is 19.1 Å². The topological polar surface area (TPSA) is 59.4 Å². The van der Waals surface area contributed by atoms with Gasteiger partial charge in [-0.1, -0.05) is 12.1 Å². The highest BCUT2D eigenvalue weighted by atomic mass is 15.1. The fourth-order valence-electron chi connectivity index (χ4n) is 2.43. The van der Waals surface area contributed by atoms with Gasteiger partial charge in [0.25, 0.3) is 0 Å². The summed E-state index contributed by atoms with van der Waals surface area (Å²) in [7, 11) is 0. The minimum absolute atomic E-state index is 0.331. The summed E-state index contributed by atoms with van der Waals surface area (Å²) in [6.45, 7) is 3.60. The first-order valence-electron chi connectivity index (χ1n) is 6.58. The van der Waals surface area contributed by atoms with Crippen LogP contribution in [0.15, 0.2) is 36.7 Å². The number of nitriles is 1. The molecule has 0 fully saturated rings. The molecular formula is C15H15N5. The zero-order valence-corrected chi connectivity index (χ0v) is 11.3. The van der Waals surface area contributed by atoms with E-state index < -0.39 is 0 Å². The summed E-state index contributed by atoms with van der Waals surface area (Å²) >= 11 is 0. The van der Waals surface area contributed by atoms with Crippen molar-refractivity contribution < 1.29 is 0 Å². The monoisotopic (exact) mass is 265 g/mol. The van der Waals surface area contributed by atoms with Crippen molar-refractivity contribution in [2.24, 2.45) is 0 Å². The Balaban J connectivity index is 1.95. The predicted molar refractivity (Wildman–Crippen MR) is 76.0 cm³/mol. The molecule has 0 amide bonds. The quantitative estimate of drug-likeness (QED) is 0.727. The van der Waals surface area contributed by atoms with Crippen LogP contribution < -0.4 is 0 Å². The molecule has 0 N–H and O–H groups in total. The van der Waals surface area contributed by atoms with Crippen molar-refractivity contribution in [3.8, 4) is 6.07 Å². The lowest BCUT2D eigenvalue weighted by Crippen LogP contribution is -2.10. The molecule has 0 aliphatic rings. The van der Waals surface area contributed by atoms with Crippen LogP contribution in [0.2, 0.25) is 0 Å². The third-order valence-electron chi connectivity index (χ3n) is 3.46. The molecule has 0 saturated carbocycles. The van der Waals surface area contributed by atoms with E-state index in [-0.39, 0.29) is 0 Å². The van der Waals surface area contributed by atoms with E-state index in [1.54, 1.807) is 6.20 Å². The predicted octanol–water partition coefficient (Wildman–Crippen LogP) is 2.31. The summed E-state index contributed by atoms with van der Waals surface area (Å²) in [5.41, 5.74) is 2.02. The minimum atomic E-state index is 0.331. The molecule has 5 heteroatoms. The molecule has 0 atom stereocenters. The van der Waals surface area contributed by atoms with Gasteiger partial charge in [0.2, 0.25) is 0 Å². The molecule has 3 rings (SSSR count). The Morgan fingerprint density at radius 2 is 2.10 bits per heavy atom. The lowest BCUT2D eigenvalue weighted by molar-refractivity contribution is 0.565. The van der Waals surface area contributed by atoms with Crippen LogP contribution in [0, 0.1) is 18.3 Å². The van der Waals surface area contributed by atoms with E-state index in [1.807, 2.05) is 37.4 Å². The van der Waals surface area contributed by atoms with Gasteiger partial charge in [0.05, 0.1) is 23.5 Å². The molecule has 5 nitrogen and oxygen atoms in total. The molecule has 1 aromatic carbocycles. The number of para-hydroxylation sites is 2. The number of benzene rings is 1. The smallest absolute Gasteiger partial charge is 0.124 e. The van der Waals surface area contributed by atoms with Crippen molar-refractivity contribution in [2.75, 3.05) is 0 Å². The number of imidazole rings is 2. The highest BCUT2D eigenvalue weighted by Gasteiger charge is 2.10. The van der Waals surface area contributed by atoms with Gasteiger partial charge in [0, 0.05) is 25.5 Å². The van der Waals surface area contributed by atoms with Crippen LogP contribution >= 0.6 is 0 Å². The first-order valence-corrected chi connectivity index (χ1v) is 6.58. The zero-order valence-electron chi connectivity index (χ0n) is 11.3. The van der Waals surface area contributed by atoms with Crippen LogP contribution in [0.25, 0.3) is 11.0 Å². The van der Waals surface area contributed by atoms with Crippen molar-refractivity contribution in [1.82, 2.24) is 19.1 Å². The molecule has 0 spiro atoms. The summed E-state index contributed by atoms with van der Waals surface area (Å²) in [5, 5.41) is 8.95. The highest BCUT2D eigenvalue weighted by Crippen LogP contribution is 2.16. The van der Waals surface area contributed by atoms with E-state index >= 15 is 0 Å². The van der Waals surface area contributed by atoms with Gasteiger partial charge in [-0.2, -0.15) is 5.26 Å². The molecular weight excluding hydrogens is 250 g/mol. The fourth-order valence-corrected chi connectivity index (χ4v) is 2.43. The largest absolute Gasteiger partial charge is 0.333 e. The Morgan fingerprint density at radius 3 is 2.85 bits per heavy atom. The third-order valence-corrected chi connectivity index (χ3v) is 3.46. The van der Waals surface area contributed by atoms with Gasteiger partial charge >= 0.3 is 0 Å². The normalized spacial score (nSPS) is 10.8. The Kier molecular flexibility index (Phi) is 3.21. The molecule has 0 radical (unpaired) electrons. The maximum absolute atomic E-state index is 8.95. The Labute approximate surface area is 117 Å². The lowest BCUT2D eigenvalue weighted by Gasteiger charge is -2.09. The number of nitrogens with zero attached hydrogens (tertiary/aromatic N) is 5. The van der Waals surface area contributed by atoms with E-state index in [9.17, 15) is 0 Å². The average molecular weight is 265 g/mol. The van der Waals surface area contributed by atoms with E-state index in [0.717, 1.165) is 35.8 Å². The molecule has 2 aromatic heterocycles. The fraction of sp³-hybridized carbons (Fsp3) is 0.267. The molecule has 0 aliphatic heterocycles. The van der Waals surface area contributed by atoms with Crippen LogP contribution in [0.3, 0.4) is 0 Å². The average Bonchev–Trinajstić information content (AvgIpc) is 3.01. The number of hydrogen-bond acceptors (Lipinski definition) is 3. The first-order chi connectivity index (χ1) is 9.79. The molecule has 3 aromatic rings. The van der Waals surface area contributed by atoms with E-state index in [0.29, 0.717) is 6.42 Å². The molecule has 100 valence electrons. The first kappa shape index (κ1) is 12.4. The number of hydrogen-bond donors (Lipinski definition) is 0. The Hall–Kier alpha value is -2.61. The molecule has 0 bridgehead atoms. The van der Waals surface area contributed by atoms with Crippen LogP contribution in [-0.4, -0.2) is 19.1 Å². The van der Waals surface area contributed by atoms with Crippen molar-refractivity contribution in [1.29, 1.82) is 5.26 Å². The van der Waals surface area contributed by atoms with Crippen molar-refractivity contribution in [3.05, 3.63) is 48.3 Å². The van der Waals surface area contributed by atoms with Gasteiger partial charge in [-0.3, -0.25) is 0 Å². The van der Waals surface area contributed by atoms with Gasteiger partial charge in [-0.15, -0.1) is 0 Å². The highest BCUT2D eigenvalue weighted by molar-refractivity contribution is 5.75. The van der Waals surface area contributed by atoms with Crippen molar-refractivity contribution in [2.45, 2.75) is 26.4 Å². The van der Waals surface area contributed by atoms with E-state index in [4.69, 9.17) is 5.26 Å². The van der Waals surface area contributed by atoms with Gasteiger partial charge < -0.3 is 9.13 Å². The van der Waals surface area contributed by atoms with Crippen molar-refractivity contribution >= 4 is 11.0 Å². The van der Waals surface area contributed by atoms with Crippen molar-refractivity contribution in [3.63, 3.8) is 0 Å². The number of rotatable bonds is 4. The SMILES string of the molecule is Cc1nccn1CCn1c(CC#N)nc2ccccc21. The number of aromatic nitrogens is 4. The summed E-state index contributed by atoms with van der Waals surface area (Å²) < 4.78 is 4.23. The second kappa shape index (κ2) is 5.17. The maximum Gasteiger partial charge on any atom is 0.124 e. The van der Waals surface area contributed by atoms with E-state index in [1.165, 1.54) is 0 Å². The van der Waals surface area contributed by atoms with E-state index in [2.05, 4.69) is 25.2 Å². The second-order valence-electron chi connectivity index (χ2n) is 4.67. The summed E-state index contributed by atoms with van der Waals surface area (Å²) in [6, 6.07) is 10.2. The number of aryl methyl sites for hydroxylation is 3. The lowest BCUT2D eigenvalue weighted by atomic mass is 10.3. The summed E-state index contributed by atoms with van der Waals surface area (Å²) in [4.78, 5) is 8.76. The van der Waals surface area contributed by atoms with Gasteiger partial charge in [0.15, 0.2) is 0 Å². The van der Waals surface area contributed by atoms with Crippen LogP contribution in [0.5, 0.6) is 0 Å². The van der Waals surface area contributed by atoms with Crippen LogP contribution in [0.1, 0.15) is 11.6 Å².